The number of morpholine rings is 1. The van der Waals surface area contributed by atoms with E-state index in [0.29, 0.717) is 17.8 Å². The van der Waals surface area contributed by atoms with Crippen molar-refractivity contribution in [2.24, 2.45) is 0 Å². The lowest BCUT2D eigenvalue weighted by atomic mass is 10.2. The molecule has 0 aromatic carbocycles. The summed E-state index contributed by atoms with van der Waals surface area (Å²) in [5.41, 5.74) is 0. The van der Waals surface area contributed by atoms with Gasteiger partial charge in [-0.25, -0.2) is 0 Å². The lowest BCUT2D eigenvalue weighted by molar-refractivity contribution is -0.00572. The number of nitrogens with one attached hydrogen (secondary N) is 1. The van der Waals surface area contributed by atoms with E-state index in [9.17, 15) is 0 Å². The molecular weight excluding hydrogens is 256 g/mol. The van der Waals surface area contributed by atoms with Crippen LogP contribution in [0.15, 0.2) is 0 Å². The first kappa shape index (κ1) is 14.8. The fraction of sp³-hybridized carbons (Fsp3) is 0.769. The second-order valence-corrected chi connectivity index (χ2v) is 5.35. The third-order valence-electron chi connectivity index (χ3n) is 3.05. The van der Waals surface area contributed by atoms with Gasteiger partial charge in [0.2, 0.25) is 17.8 Å². The molecule has 0 spiro atoms. The molecule has 1 aromatic heterocycles. The van der Waals surface area contributed by atoms with E-state index in [4.69, 9.17) is 4.74 Å². The van der Waals surface area contributed by atoms with Crippen LogP contribution in [0.25, 0.3) is 0 Å². The van der Waals surface area contributed by atoms with Gasteiger partial charge < -0.3 is 19.9 Å². The summed E-state index contributed by atoms with van der Waals surface area (Å²) in [5, 5.41) is 3.16. The predicted molar refractivity (Wildman–Crippen MR) is 80.5 cm³/mol. The molecular formula is C13H24N6O. The van der Waals surface area contributed by atoms with Gasteiger partial charge in [0.05, 0.1) is 12.2 Å². The third-order valence-corrected chi connectivity index (χ3v) is 3.05. The Balaban J connectivity index is 2.29. The van der Waals surface area contributed by atoms with E-state index in [0.717, 1.165) is 19.6 Å². The van der Waals surface area contributed by atoms with Gasteiger partial charge in [0, 0.05) is 33.7 Å². The molecule has 2 unspecified atom stereocenters. The van der Waals surface area contributed by atoms with E-state index in [-0.39, 0.29) is 12.2 Å². The first-order valence-corrected chi connectivity index (χ1v) is 7.07. The van der Waals surface area contributed by atoms with Gasteiger partial charge in [0.15, 0.2) is 0 Å². The quantitative estimate of drug-likeness (QED) is 0.882. The van der Waals surface area contributed by atoms with Crippen LogP contribution in [0.3, 0.4) is 0 Å². The summed E-state index contributed by atoms with van der Waals surface area (Å²) in [5.74, 6) is 1.99. The van der Waals surface area contributed by atoms with Crippen LogP contribution in [0, 0.1) is 0 Å². The average molecular weight is 280 g/mol. The molecule has 1 N–H and O–H groups in total. The van der Waals surface area contributed by atoms with Crippen LogP contribution in [-0.2, 0) is 4.74 Å². The number of nitrogens with zero attached hydrogens (tertiary/aromatic N) is 5. The van der Waals surface area contributed by atoms with Crippen molar-refractivity contribution in [3.63, 3.8) is 0 Å². The maximum Gasteiger partial charge on any atom is 0.232 e. The Morgan fingerprint density at radius 3 is 2.40 bits per heavy atom. The van der Waals surface area contributed by atoms with Crippen LogP contribution in [0.2, 0.25) is 0 Å². The lowest BCUT2D eigenvalue weighted by Gasteiger charge is -2.35. The van der Waals surface area contributed by atoms with Gasteiger partial charge in [-0.15, -0.1) is 0 Å². The first-order chi connectivity index (χ1) is 9.49. The normalized spacial score (nSPS) is 22.8. The van der Waals surface area contributed by atoms with Gasteiger partial charge in [0.25, 0.3) is 0 Å². The summed E-state index contributed by atoms with van der Waals surface area (Å²) in [6, 6.07) is 0. The van der Waals surface area contributed by atoms with Gasteiger partial charge >= 0.3 is 0 Å². The molecule has 0 saturated carbocycles. The molecule has 2 atom stereocenters. The summed E-state index contributed by atoms with van der Waals surface area (Å²) in [6.07, 6.45) is 0.363. The molecule has 1 aromatic rings. The summed E-state index contributed by atoms with van der Waals surface area (Å²) >= 11 is 0. The van der Waals surface area contributed by atoms with E-state index in [1.807, 2.05) is 25.9 Å². The molecule has 2 heterocycles. The third kappa shape index (κ3) is 3.47. The molecule has 0 radical (unpaired) electrons. The number of aromatic nitrogens is 3. The minimum absolute atomic E-state index is 0.181. The summed E-state index contributed by atoms with van der Waals surface area (Å²) < 4.78 is 5.75. The number of ether oxygens (including phenoxy) is 1. The monoisotopic (exact) mass is 280 g/mol. The molecule has 0 amide bonds. The first-order valence-electron chi connectivity index (χ1n) is 7.07. The Morgan fingerprint density at radius 2 is 1.85 bits per heavy atom. The maximum absolute atomic E-state index is 5.75. The smallest absolute Gasteiger partial charge is 0.232 e. The van der Waals surface area contributed by atoms with Crippen molar-refractivity contribution in [2.45, 2.75) is 33.0 Å². The Bertz CT molecular complexity index is 442. The summed E-state index contributed by atoms with van der Waals surface area (Å²) in [7, 11) is 3.86. The van der Waals surface area contributed by atoms with Crippen molar-refractivity contribution >= 4 is 17.8 Å². The lowest BCUT2D eigenvalue weighted by Crippen LogP contribution is -2.46. The zero-order chi connectivity index (χ0) is 14.7. The SMILES string of the molecule is CCNc1nc(N(C)C)nc(N2CC(C)OC(C)C2)n1. The Kier molecular flexibility index (Phi) is 4.59. The predicted octanol–water partition coefficient (Wildman–Crippen LogP) is 0.983. The van der Waals surface area contributed by atoms with Crippen LogP contribution < -0.4 is 15.1 Å². The highest BCUT2D eigenvalue weighted by Crippen LogP contribution is 2.19. The van der Waals surface area contributed by atoms with Crippen molar-refractivity contribution in [2.75, 3.05) is 48.8 Å². The molecule has 7 nitrogen and oxygen atoms in total. The zero-order valence-electron chi connectivity index (χ0n) is 12.9. The molecule has 112 valence electrons. The van der Waals surface area contributed by atoms with E-state index < -0.39 is 0 Å². The molecule has 7 heteroatoms. The highest BCUT2D eigenvalue weighted by Gasteiger charge is 2.25. The second-order valence-electron chi connectivity index (χ2n) is 5.35. The molecule has 20 heavy (non-hydrogen) atoms. The second kappa shape index (κ2) is 6.21. The van der Waals surface area contributed by atoms with Crippen molar-refractivity contribution in [1.82, 2.24) is 15.0 Å². The van der Waals surface area contributed by atoms with Gasteiger partial charge in [-0.3, -0.25) is 0 Å². The number of anilines is 3. The van der Waals surface area contributed by atoms with Crippen molar-refractivity contribution in [3.05, 3.63) is 0 Å². The van der Waals surface area contributed by atoms with Crippen molar-refractivity contribution in [3.8, 4) is 0 Å². The van der Waals surface area contributed by atoms with Crippen LogP contribution in [0.1, 0.15) is 20.8 Å². The van der Waals surface area contributed by atoms with Gasteiger partial charge in [-0.1, -0.05) is 0 Å². The fourth-order valence-corrected chi connectivity index (χ4v) is 2.27. The van der Waals surface area contributed by atoms with Crippen LogP contribution in [0.4, 0.5) is 17.8 Å². The number of rotatable bonds is 4. The van der Waals surface area contributed by atoms with Gasteiger partial charge in [-0.2, -0.15) is 15.0 Å². The molecule has 1 aliphatic heterocycles. The van der Waals surface area contributed by atoms with Crippen LogP contribution in [-0.4, -0.2) is 60.9 Å². The van der Waals surface area contributed by atoms with E-state index in [1.54, 1.807) is 0 Å². The summed E-state index contributed by atoms with van der Waals surface area (Å²) in [6.45, 7) is 8.55. The fourth-order valence-electron chi connectivity index (χ4n) is 2.27. The van der Waals surface area contributed by atoms with Crippen LogP contribution in [0.5, 0.6) is 0 Å². The molecule has 0 aliphatic carbocycles. The average Bonchev–Trinajstić information content (AvgIpc) is 2.37. The Morgan fingerprint density at radius 1 is 1.20 bits per heavy atom. The standard InChI is InChI=1S/C13H24N6O/c1-6-14-11-15-12(18(4)5)17-13(16-11)19-7-9(2)20-10(3)8-19/h9-10H,6-8H2,1-5H3,(H,14,15,16,17). The minimum atomic E-state index is 0.181. The minimum Gasteiger partial charge on any atom is -0.372 e. The van der Waals surface area contributed by atoms with E-state index in [1.165, 1.54) is 0 Å². The van der Waals surface area contributed by atoms with E-state index >= 15 is 0 Å². The van der Waals surface area contributed by atoms with Crippen molar-refractivity contribution < 1.29 is 4.74 Å². The molecule has 1 saturated heterocycles. The van der Waals surface area contributed by atoms with Gasteiger partial charge in [0.1, 0.15) is 0 Å². The molecule has 0 bridgehead atoms. The largest absolute Gasteiger partial charge is 0.372 e. The molecule has 1 fully saturated rings. The highest BCUT2D eigenvalue weighted by molar-refractivity contribution is 5.44. The Hall–Kier alpha value is -1.63. The van der Waals surface area contributed by atoms with Gasteiger partial charge in [-0.05, 0) is 20.8 Å². The Labute approximate surface area is 120 Å². The number of hydrogen-bond acceptors (Lipinski definition) is 7. The number of hydrogen-bond donors (Lipinski definition) is 1. The van der Waals surface area contributed by atoms with Crippen LogP contribution >= 0.6 is 0 Å². The maximum atomic E-state index is 5.75. The topological polar surface area (TPSA) is 66.4 Å². The van der Waals surface area contributed by atoms with Crippen molar-refractivity contribution in [1.29, 1.82) is 0 Å². The molecule has 1 aliphatic rings. The summed E-state index contributed by atoms with van der Waals surface area (Å²) in [4.78, 5) is 17.5. The molecule has 2 rings (SSSR count). The van der Waals surface area contributed by atoms with E-state index in [2.05, 4.69) is 39.0 Å². The zero-order valence-corrected chi connectivity index (χ0v) is 12.9. The highest BCUT2D eigenvalue weighted by atomic mass is 16.5.